The van der Waals surface area contributed by atoms with Gasteiger partial charge in [-0.2, -0.15) is 0 Å². The Balaban J connectivity index is 1.42. The highest BCUT2D eigenvalue weighted by Gasteiger charge is 2.24. The standard InChI is InChI=1S/C20H24N2O2S/c23-19(11-10-17-6-2-1-3-7-17)21-12-14-22(15-13-21)20(24)16-25-18-8-4-5-9-18/h1-3,6-7,18H,4-5,8-9,12-16H2. The third kappa shape index (κ3) is 5.27. The fourth-order valence-corrected chi connectivity index (χ4v) is 4.45. The normalized spacial score (nSPS) is 17.9. The average Bonchev–Trinajstić information content (AvgIpc) is 3.19. The van der Waals surface area contributed by atoms with Crippen LogP contribution in [0.4, 0.5) is 0 Å². The SMILES string of the molecule is O=C(C#Cc1ccccc1)N1CCN(C(=O)CSC2CCCC2)CC1. The van der Waals surface area contributed by atoms with Crippen LogP contribution in [0.5, 0.6) is 0 Å². The predicted octanol–water partition coefficient (Wildman–Crippen LogP) is 2.38. The van der Waals surface area contributed by atoms with Crippen molar-refractivity contribution in [2.75, 3.05) is 31.9 Å². The summed E-state index contributed by atoms with van der Waals surface area (Å²) in [4.78, 5) is 28.1. The van der Waals surface area contributed by atoms with E-state index in [4.69, 9.17) is 0 Å². The summed E-state index contributed by atoms with van der Waals surface area (Å²) in [7, 11) is 0. The van der Waals surface area contributed by atoms with Crippen molar-refractivity contribution in [2.24, 2.45) is 0 Å². The first kappa shape index (κ1) is 17.9. The monoisotopic (exact) mass is 356 g/mol. The summed E-state index contributed by atoms with van der Waals surface area (Å²) in [6.07, 6.45) is 5.11. The Kier molecular flexibility index (Phi) is 6.41. The van der Waals surface area contributed by atoms with E-state index in [9.17, 15) is 9.59 Å². The highest BCUT2D eigenvalue weighted by atomic mass is 32.2. The van der Waals surface area contributed by atoms with Crippen LogP contribution in [0.25, 0.3) is 0 Å². The van der Waals surface area contributed by atoms with Crippen LogP contribution in [0.2, 0.25) is 0 Å². The molecule has 2 fully saturated rings. The van der Waals surface area contributed by atoms with Gasteiger partial charge in [-0.3, -0.25) is 9.59 Å². The summed E-state index contributed by atoms with van der Waals surface area (Å²) in [6.45, 7) is 2.37. The Morgan fingerprint density at radius 3 is 2.32 bits per heavy atom. The first-order valence-corrected chi connectivity index (χ1v) is 10.0. The summed E-state index contributed by atoms with van der Waals surface area (Å²) >= 11 is 1.80. The number of carbonyl (C=O) groups is 2. The number of thioether (sulfide) groups is 1. The fourth-order valence-electron chi connectivity index (χ4n) is 3.22. The van der Waals surface area contributed by atoms with E-state index in [-0.39, 0.29) is 11.8 Å². The van der Waals surface area contributed by atoms with Crippen LogP contribution in [0.1, 0.15) is 31.2 Å². The van der Waals surface area contributed by atoms with Gasteiger partial charge in [-0.1, -0.05) is 37.0 Å². The number of rotatable bonds is 3. The van der Waals surface area contributed by atoms with Gasteiger partial charge in [0.15, 0.2) is 0 Å². The van der Waals surface area contributed by atoms with Crippen molar-refractivity contribution in [3.8, 4) is 11.8 Å². The second-order valence-corrected chi connectivity index (χ2v) is 7.80. The molecule has 4 nitrogen and oxygen atoms in total. The van der Waals surface area contributed by atoms with Crippen LogP contribution in [0.3, 0.4) is 0 Å². The zero-order valence-electron chi connectivity index (χ0n) is 14.4. The molecule has 5 heteroatoms. The molecule has 132 valence electrons. The summed E-state index contributed by atoms with van der Waals surface area (Å²) in [5.41, 5.74) is 0.841. The smallest absolute Gasteiger partial charge is 0.298 e. The summed E-state index contributed by atoms with van der Waals surface area (Å²) < 4.78 is 0. The third-order valence-corrected chi connectivity index (χ3v) is 6.11. The second-order valence-electron chi connectivity index (χ2n) is 6.51. The molecule has 25 heavy (non-hydrogen) atoms. The van der Waals surface area contributed by atoms with Gasteiger partial charge in [0.2, 0.25) is 5.91 Å². The van der Waals surface area contributed by atoms with E-state index in [0.717, 1.165) is 5.56 Å². The highest BCUT2D eigenvalue weighted by molar-refractivity contribution is 8.00. The van der Waals surface area contributed by atoms with Crippen LogP contribution in [-0.4, -0.2) is 58.8 Å². The molecule has 0 radical (unpaired) electrons. The topological polar surface area (TPSA) is 40.6 Å². The minimum absolute atomic E-state index is 0.156. The van der Waals surface area contributed by atoms with E-state index in [1.54, 1.807) is 16.7 Å². The molecule has 0 aromatic heterocycles. The van der Waals surface area contributed by atoms with E-state index in [1.165, 1.54) is 25.7 Å². The van der Waals surface area contributed by atoms with Crippen molar-refractivity contribution in [3.63, 3.8) is 0 Å². The fraction of sp³-hybridized carbons (Fsp3) is 0.500. The zero-order valence-corrected chi connectivity index (χ0v) is 15.3. The van der Waals surface area contributed by atoms with E-state index in [2.05, 4.69) is 11.8 Å². The predicted molar refractivity (Wildman–Crippen MR) is 101 cm³/mol. The maximum atomic E-state index is 12.3. The average molecular weight is 356 g/mol. The van der Waals surface area contributed by atoms with E-state index in [0.29, 0.717) is 37.2 Å². The molecule has 1 aliphatic heterocycles. The van der Waals surface area contributed by atoms with Crippen molar-refractivity contribution in [3.05, 3.63) is 35.9 Å². The van der Waals surface area contributed by atoms with Crippen molar-refractivity contribution in [1.29, 1.82) is 0 Å². The van der Waals surface area contributed by atoms with Crippen molar-refractivity contribution >= 4 is 23.6 Å². The number of hydrogen-bond acceptors (Lipinski definition) is 3. The number of carbonyl (C=O) groups excluding carboxylic acids is 2. The quantitative estimate of drug-likeness (QED) is 0.781. The Bertz CT molecular complexity index is 651. The molecule has 1 aliphatic carbocycles. The molecule has 2 aliphatic rings. The Morgan fingerprint density at radius 1 is 1.00 bits per heavy atom. The molecule has 1 saturated heterocycles. The second kappa shape index (κ2) is 8.96. The lowest BCUT2D eigenvalue weighted by Gasteiger charge is -2.33. The minimum atomic E-state index is -0.156. The largest absolute Gasteiger partial charge is 0.338 e. The van der Waals surface area contributed by atoms with Crippen molar-refractivity contribution < 1.29 is 9.59 Å². The van der Waals surface area contributed by atoms with Gasteiger partial charge in [-0.05, 0) is 25.0 Å². The molecular weight excluding hydrogens is 332 g/mol. The molecule has 1 aromatic rings. The number of hydrogen-bond donors (Lipinski definition) is 0. The number of nitrogens with zero attached hydrogens (tertiary/aromatic N) is 2. The molecule has 1 heterocycles. The lowest BCUT2D eigenvalue weighted by atomic mass is 10.2. The van der Waals surface area contributed by atoms with Crippen molar-refractivity contribution in [1.82, 2.24) is 9.80 Å². The van der Waals surface area contributed by atoms with Crippen LogP contribution in [0.15, 0.2) is 30.3 Å². The van der Waals surface area contributed by atoms with E-state index >= 15 is 0 Å². The number of amides is 2. The zero-order chi connectivity index (χ0) is 17.5. The molecule has 1 aromatic carbocycles. The highest BCUT2D eigenvalue weighted by Crippen LogP contribution is 2.29. The molecule has 1 saturated carbocycles. The number of piperazine rings is 1. The van der Waals surface area contributed by atoms with E-state index in [1.807, 2.05) is 35.2 Å². The molecule has 3 rings (SSSR count). The van der Waals surface area contributed by atoms with Crippen molar-refractivity contribution in [2.45, 2.75) is 30.9 Å². The summed E-state index contributed by atoms with van der Waals surface area (Å²) in [5, 5.41) is 0.667. The van der Waals surface area contributed by atoms with Crippen LogP contribution in [-0.2, 0) is 9.59 Å². The molecule has 0 atom stereocenters. The van der Waals surface area contributed by atoms with Gasteiger partial charge in [0.1, 0.15) is 0 Å². The summed E-state index contributed by atoms with van der Waals surface area (Å²) in [6, 6.07) is 9.51. The lowest BCUT2D eigenvalue weighted by Crippen LogP contribution is -2.50. The van der Waals surface area contributed by atoms with Gasteiger partial charge in [-0.25, -0.2) is 0 Å². The molecule has 2 amide bonds. The van der Waals surface area contributed by atoms with Gasteiger partial charge in [0.25, 0.3) is 5.91 Å². The summed E-state index contributed by atoms with van der Waals surface area (Å²) in [5.74, 6) is 6.23. The first-order valence-electron chi connectivity index (χ1n) is 8.98. The van der Waals surface area contributed by atoms with Gasteiger partial charge in [0.05, 0.1) is 5.75 Å². The maximum Gasteiger partial charge on any atom is 0.298 e. The van der Waals surface area contributed by atoms with Crippen LogP contribution >= 0.6 is 11.8 Å². The van der Waals surface area contributed by atoms with E-state index < -0.39 is 0 Å². The van der Waals surface area contributed by atoms with Gasteiger partial charge >= 0.3 is 0 Å². The maximum absolute atomic E-state index is 12.3. The molecule has 0 unspecified atom stereocenters. The Morgan fingerprint density at radius 2 is 1.64 bits per heavy atom. The Labute approximate surface area is 153 Å². The minimum Gasteiger partial charge on any atom is -0.338 e. The number of benzene rings is 1. The first-order chi connectivity index (χ1) is 12.2. The van der Waals surface area contributed by atoms with Gasteiger partial charge in [-0.15, -0.1) is 11.8 Å². The van der Waals surface area contributed by atoms with Crippen LogP contribution in [0, 0.1) is 11.8 Å². The molecule has 0 spiro atoms. The third-order valence-electron chi connectivity index (χ3n) is 4.75. The van der Waals surface area contributed by atoms with Gasteiger partial charge < -0.3 is 9.80 Å². The van der Waals surface area contributed by atoms with Gasteiger partial charge in [0, 0.05) is 42.9 Å². The molecular formula is C20H24N2O2S. The molecule has 0 bridgehead atoms. The molecule has 0 N–H and O–H groups in total. The van der Waals surface area contributed by atoms with Crippen LogP contribution < -0.4 is 0 Å². The Hall–Kier alpha value is -1.93. The lowest BCUT2D eigenvalue weighted by molar-refractivity contribution is -0.134.